The topological polar surface area (TPSA) is 69.2 Å². The molecule has 2 rings (SSSR count). The number of hydrogen-bond donors (Lipinski definition) is 2. The van der Waals surface area contributed by atoms with Gasteiger partial charge in [0.15, 0.2) is 0 Å². The summed E-state index contributed by atoms with van der Waals surface area (Å²) in [4.78, 5) is 21.2. The third kappa shape index (κ3) is 3.94. The SMILES string of the molecule is CN(Cc1ncc[nH]1)C(=O)c1ccccc1C#CCCO. The normalized spacial score (nSPS) is 9.81. The summed E-state index contributed by atoms with van der Waals surface area (Å²) in [7, 11) is 1.72. The predicted octanol–water partition coefficient (Wildman–Crippen LogP) is 1.42. The van der Waals surface area contributed by atoms with Crippen molar-refractivity contribution >= 4 is 5.91 Å². The number of amides is 1. The largest absolute Gasteiger partial charge is 0.395 e. The molecule has 1 aromatic heterocycles. The van der Waals surface area contributed by atoms with Gasteiger partial charge in [-0.05, 0) is 12.1 Å². The van der Waals surface area contributed by atoms with Gasteiger partial charge in [-0.1, -0.05) is 24.0 Å². The average molecular weight is 283 g/mol. The van der Waals surface area contributed by atoms with Crippen molar-refractivity contribution < 1.29 is 9.90 Å². The number of carbonyl (C=O) groups is 1. The molecule has 1 aromatic carbocycles. The quantitative estimate of drug-likeness (QED) is 0.834. The second-order valence-electron chi connectivity index (χ2n) is 4.52. The summed E-state index contributed by atoms with van der Waals surface area (Å²) in [5.74, 6) is 6.39. The van der Waals surface area contributed by atoms with Gasteiger partial charge in [-0.15, -0.1) is 0 Å². The maximum Gasteiger partial charge on any atom is 0.255 e. The van der Waals surface area contributed by atoms with E-state index in [1.165, 1.54) is 0 Å². The van der Waals surface area contributed by atoms with Crippen molar-refractivity contribution in [3.8, 4) is 11.8 Å². The van der Waals surface area contributed by atoms with Gasteiger partial charge < -0.3 is 15.0 Å². The molecule has 21 heavy (non-hydrogen) atoms. The molecule has 108 valence electrons. The van der Waals surface area contributed by atoms with E-state index in [2.05, 4.69) is 21.8 Å². The molecule has 0 aliphatic carbocycles. The molecular formula is C16H17N3O2. The highest BCUT2D eigenvalue weighted by Crippen LogP contribution is 2.11. The Hall–Kier alpha value is -2.58. The minimum atomic E-state index is -0.111. The van der Waals surface area contributed by atoms with E-state index < -0.39 is 0 Å². The Balaban J connectivity index is 2.17. The van der Waals surface area contributed by atoms with Crippen LogP contribution in [0, 0.1) is 11.8 Å². The zero-order valence-electron chi connectivity index (χ0n) is 11.8. The number of imidazole rings is 1. The van der Waals surface area contributed by atoms with E-state index in [4.69, 9.17) is 5.11 Å². The van der Waals surface area contributed by atoms with Crippen molar-refractivity contribution in [3.63, 3.8) is 0 Å². The highest BCUT2D eigenvalue weighted by atomic mass is 16.2. The standard InChI is InChI=1S/C16H17N3O2/c1-19(12-15-17-9-10-18-15)16(21)14-8-3-2-6-13(14)7-4-5-11-20/h2-3,6,8-10,20H,5,11-12H2,1H3,(H,17,18). The molecule has 1 amide bonds. The number of aromatic nitrogens is 2. The van der Waals surface area contributed by atoms with Crippen LogP contribution in [0.25, 0.3) is 0 Å². The fourth-order valence-electron chi connectivity index (χ4n) is 1.88. The van der Waals surface area contributed by atoms with Gasteiger partial charge in [0.2, 0.25) is 0 Å². The van der Waals surface area contributed by atoms with Gasteiger partial charge in [-0.25, -0.2) is 4.98 Å². The fourth-order valence-corrected chi connectivity index (χ4v) is 1.88. The van der Waals surface area contributed by atoms with Gasteiger partial charge in [0.25, 0.3) is 5.91 Å². The summed E-state index contributed by atoms with van der Waals surface area (Å²) in [6, 6.07) is 7.21. The molecule has 1 heterocycles. The number of hydrogen-bond acceptors (Lipinski definition) is 3. The summed E-state index contributed by atoms with van der Waals surface area (Å²) in [5, 5.41) is 8.77. The van der Waals surface area contributed by atoms with Crippen LogP contribution in [0.4, 0.5) is 0 Å². The molecule has 5 heteroatoms. The maximum absolute atomic E-state index is 12.5. The molecule has 0 saturated heterocycles. The zero-order valence-corrected chi connectivity index (χ0v) is 11.8. The van der Waals surface area contributed by atoms with Crippen molar-refractivity contribution in [1.82, 2.24) is 14.9 Å². The molecule has 0 radical (unpaired) electrons. The number of carbonyl (C=O) groups excluding carboxylic acids is 1. The lowest BCUT2D eigenvalue weighted by Gasteiger charge is -2.16. The first-order valence-electron chi connectivity index (χ1n) is 6.65. The molecule has 0 aliphatic heterocycles. The van der Waals surface area contributed by atoms with Crippen LogP contribution in [0.5, 0.6) is 0 Å². The van der Waals surface area contributed by atoms with Crippen molar-refractivity contribution in [2.24, 2.45) is 0 Å². The number of benzene rings is 1. The van der Waals surface area contributed by atoms with E-state index in [-0.39, 0.29) is 12.5 Å². The third-order valence-corrected chi connectivity index (χ3v) is 2.91. The first kappa shape index (κ1) is 14.8. The molecule has 2 N–H and O–H groups in total. The van der Waals surface area contributed by atoms with Crippen LogP contribution < -0.4 is 0 Å². The first-order chi connectivity index (χ1) is 10.2. The maximum atomic E-state index is 12.5. The fraction of sp³-hybridized carbons (Fsp3) is 0.250. The van der Waals surface area contributed by atoms with E-state index >= 15 is 0 Å². The number of nitrogens with one attached hydrogen (secondary N) is 1. The van der Waals surface area contributed by atoms with Gasteiger partial charge in [0, 0.05) is 31.4 Å². The molecule has 5 nitrogen and oxygen atoms in total. The van der Waals surface area contributed by atoms with Crippen LogP contribution in [-0.2, 0) is 6.54 Å². The number of aliphatic hydroxyl groups is 1. The summed E-state index contributed by atoms with van der Waals surface area (Å²) >= 11 is 0. The monoisotopic (exact) mass is 283 g/mol. The zero-order chi connectivity index (χ0) is 15.1. The molecule has 0 fully saturated rings. The molecule has 0 atom stereocenters. The molecular weight excluding hydrogens is 266 g/mol. The average Bonchev–Trinajstić information content (AvgIpc) is 3.00. The predicted molar refractivity (Wildman–Crippen MR) is 79.4 cm³/mol. The highest BCUT2D eigenvalue weighted by molar-refractivity contribution is 5.96. The Kier molecular flexibility index (Phi) is 5.13. The van der Waals surface area contributed by atoms with Crippen LogP contribution in [0.3, 0.4) is 0 Å². The van der Waals surface area contributed by atoms with E-state index in [9.17, 15) is 4.79 Å². The highest BCUT2D eigenvalue weighted by Gasteiger charge is 2.15. The molecule has 0 bridgehead atoms. The number of rotatable bonds is 4. The molecule has 0 unspecified atom stereocenters. The van der Waals surface area contributed by atoms with Crippen LogP contribution in [-0.4, -0.2) is 39.5 Å². The number of aliphatic hydroxyl groups excluding tert-OH is 1. The Morgan fingerprint density at radius 3 is 2.95 bits per heavy atom. The van der Waals surface area contributed by atoms with Crippen molar-refractivity contribution in [2.75, 3.05) is 13.7 Å². The molecule has 0 saturated carbocycles. The number of H-pyrrole nitrogens is 1. The van der Waals surface area contributed by atoms with Crippen molar-refractivity contribution in [3.05, 3.63) is 53.6 Å². The van der Waals surface area contributed by atoms with E-state index in [1.807, 2.05) is 12.1 Å². The second kappa shape index (κ2) is 7.27. The van der Waals surface area contributed by atoms with Gasteiger partial charge >= 0.3 is 0 Å². The van der Waals surface area contributed by atoms with E-state index in [0.717, 1.165) is 5.82 Å². The molecule has 0 aliphatic rings. The summed E-state index contributed by atoms with van der Waals surface area (Å²) in [5.41, 5.74) is 1.22. The Morgan fingerprint density at radius 1 is 1.43 bits per heavy atom. The lowest BCUT2D eigenvalue weighted by molar-refractivity contribution is 0.0781. The third-order valence-electron chi connectivity index (χ3n) is 2.91. The van der Waals surface area contributed by atoms with Crippen molar-refractivity contribution in [2.45, 2.75) is 13.0 Å². The van der Waals surface area contributed by atoms with E-state index in [0.29, 0.717) is 24.1 Å². The minimum Gasteiger partial charge on any atom is -0.395 e. The van der Waals surface area contributed by atoms with Gasteiger partial charge in [0.05, 0.1) is 18.7 Å². The molecule has 0 spiro atoms. The van der Waals surface area contributed by atoms with Crippen LogP contribution in [0.1, 0.15) is 28.2 Å². The smallest absolute Gasteiger partial charge is 0.255 e. The molecule has 2 aromatic rings. The second-order valence-corrected chi connectivity index (χ2v) is 4.52. The number of aromatic amines is 1. The Morgan fingerprint density at radius 2 is 2.24 bits per heavy atom. The van der Waals surface area contributed by atoms with Gasteiger partial charge in [-0.3, -0.25) is 4.79 Å². The minimum absolute atomic E-state index is 0.0154. The lowest BCUT2D eigenvalue weighted by atomic mass is 10.1. The van der Waals surface area contributed by atoms with Gasteiger partial charge in [-0.2, -0.15) is 0 Å². The van der Waals surface area contributed by atoms with E-state index in [1.54, 1.807) is 36.5 Å². The lowest BCUT2D eigenvalue weighted by Crippen LogP contribution is -2.27. The van der Waals surface area contributed by atoms with Crippen molar-refractivity contribution in [1.29, 1.82) is 0 Å². The van der Waals surface area contributed by atoms with Crippen LogP contribution in [0.2, 0.25) is 0 Å². The summed E-state index contributed by atoms with van der Waals surface area (Å²) in [6.07, 6.45) is 3.77. The summed E-state index contributed by atoms with van der Waals surface area (Å²) < 4.78 is 0. The number of nitrogens with zero attached hydrogens (tertiary/aromatic N) is 2. The van der Waals surface area contributed by atoms with Gasteiger partial charge in [0.1, 0.15) is 5.82 Å². The first-order valence-corrected chi connectivity index (χ1v) is 6.65. The van der Waals surface area contributed by atoms with Crippen LogP contribution >= 0.6 is 0 Å². The Labute approximate surface area is 123 Å². The Bertz CT molecular complexity index is 654. The summed E-state index contributed by atoms with van der Waals surface area (Å²) in [6.45, 7) is 0.422. The van der Waals surface area contributed by atoms with Crippen LogP contribution in [0.15, 0.2) is 36.7 Å².